The maximum absolute atomic E-state index is 7.00. The molecule has 0 bridgehead atoms. The maximum atomic E-state index is 7.00. The average molecular weight is 362 g/mol. The monoisotopic (exact) mass is 362 g/mol. The van der Waals surface area contributed by atoms with Gasteiger partial charge in [-0.2, -0.15) is 5.10 Å². The second kappa shape index (κ2) is 8.60. The number of methoxy groups -OCH3 is 1. The number of hydrogen-bond acceptors (Lipinski definition) is 6. The molecule has 1 aliphatic carbocycles. The molecule has 0 saturated heterocycles. The molecule has 1 aromatic heterocycles. The molecule has 0 amide bonds. The molecule has 2 atom stereocenters. The average Bonchev–Trinajstić information content (AvgIpc) is 3.33. The van der Waals surface area contributed by atoms with Crippen LogP contribution in [0.15, 0.2) is 24.3 Å². The summed E-state index contributed by atoms with van der Waals surface area (Å²) in [5.74, 6) is 2.52. The molecule has 2 aromatic rings. The van der Waals surface area contributed by atoms with Crippen molar-refractivity contribution >= 4 is 29.1 Å². The predicted octanol–water partition coefficient (Wildman–Crippen LogP) is 3.66. The molecule has 2 aliphatic rings. The lowest BCUT2D eigenvalue weighted by molar-refractivity contribution is 0.108. The summed E-state index contributed by atoms with van der Waals surface area (Å²) in [5, 5.41) is 18.1. The van der Waals surface area contributed by atoms with Crippen molar-refractivity contribution in [2.24, 2.45) is 0 Å². The van der Waals surface area contributed by atoms with Crippen LogP contribution in [0.4, 0.5) is 17.2 Å². The smallest absolute Gasteiger partial charge is 0.152 e. The Morgan fingerprint density at radius 1 is 1.32 bits per heavy atom. The highest BCUT2D eigenvalue weighted by atomic mass is 32.2. The van der Waals surface area contributed by atoms with Crippen LogP contribution in [0, 0.1) is 0 Å². The molecule has 2 heterocycles. The van der Waals surface area contributed by atoms with E-state index in [0.717, 1.165) is 43.6 Å². The zero-order valence-electron chi connectivity index (χ0n) is 14.7. The fourth-order valence-corrected chi connectivity index (χ4v) is 4.29. The number of hydrogen-bond donors (Lipinski definition) is 4. The number of aromatic amines is 1. The predicted molar refractivity (Wildman–Crippen MR) is 104 cm³/mol. The normalized spacial score (nSPS) is 21.7. The highest BCUT2D eigenvalue weighted by Crippen LogP contribution is 2.37. The summed E-state index contributed by atoms with van der Waals surface area (Å²) < 4.78 is 8.85. The van der Waals surface area contributed by atoms with Gasteiger partial charge in [0.15, 0.2) is 5.82 Å². The minimum absolute atomic E-state index is 0.393. The van der Waals surface area contributed by atoms with Crippen LogP contribution < -0.4 is 10.0 Å². The molecule has 6 nitrogen and oxygen atoms in total. The molecule has 4 N–H and O–H groups in total. The molecule has 1 saturated carbocycles. The number of nitrogens with zero attached hydrogens (tertiary/aromatic N) is 1. The number of fused-ring (bicyclic) bond motifs is 1. The van der Waals surface area contributed by atoms with E-state index in [2.05, 4.69) is 44.5 Å². The number of nitrogens with one attached hydrogen (secondary N) is 3. The standard InChI is InChI=1S/C17H22N4OS.CH4O/c1-22-12-6-5-11(9-12)16-10-17(20-19-16)18-14-3-2-4-15-13(14)7-8-23-21-15;1-2/h2-4,10-12,21H,5-9H2,1H3,(H2,18,19,20);2H,1H3. The lowest BCUT2D eigenvalue weighted by Crippen LogP contribution is -2.07. The summed E-state index contributed by atoms with van der Waals surface area (Å²) >= 11 is 1.76. The molecule has 7 heteroatoms. The Morgan fingerprint density at radius 3 is 3.00 bits per heavy atom. The third kappa shape index (κ3) is 4.11. The zero-order valence-corrected chi connectivity index (χ0v) is 15.5. The molecule has 136 valence electrons. The Hall–Kier alpha value is -1.70. The molecule has 4 rings (SSSR count). The van der Waals surface area contributed by atoms with Crippen molar-refractivity contribution in [1.82, 2.24) is 10.2 Å². The van der Waals surface area contributed by atoms with Gasteiger partial charge in [0.05, 0.1) is 6.10 Å². The first-order valence-corrected chi connectivity index (χ1v) is 9.61. The van der Waals surface area contributed by atoms with Crippen LogP contribution in [0.3, 0.4) is 0 Å². The summed E-state index contributed by atoms with van der Waals surface area (Å²) in [5.41, 5.74) is 4.91. The first-order chi connectivity index (χ1) is 12.3. The molecule has 1 aromatic carbocycles. The van der Waals surface area contributed by atoms with Crippen LogP contribution >= 0.6 is 11.9 Å². The van der Waals surface area contributed by atoms with E-state index in [1.165, 1.54) is 23.4 Å². The molecular formula is C18H26N4O2S. The highest BCUT2D eigenvalue weighted by molar-refractivity contribution is 8.00. The van der Waals surface area contributed by atoms with E-state index in [9.17, 15) is 0 Å². The number of rotatable bonds is 4. The van der Waals surface area contributed by atoms with Gasteiger partial charge < -0.3 is 19.9 Å². The molecule has 1 fully saturated rings. The molecule has 2 unspecified atom stereocenters. The van der Waals surface area contributed by atoms with E-state index in [1.807, 2.05) is 0 Å². The van der Waals surface area contributed by atoms with Gasteiger partial charge in [0, 0.05) is 54.6 Å². The van der Waals surface area contributed by atoms with Crippen LogP contribution in [0.1, 0.15) is 36.4 Å². The molecule has 1 aliphatic heterocycles. The Bertz CT molecular complexity index is 691. The van der Waals surface area contributed by atoms with Crippen molar-refractivity contribution in [1.29, 1.82) is 0 Å². The van der Waals surface area contributed by atoms with Crippen molar-refractivity contribution in [3.05, 3.63) is 35.5 Å². The lowest BCUT2D eigenvalue weighted by atomic mass is 10.0. The SMILES string of the molecule is CO.COC1CCC(c2cc(Nc3cccc4c3CCSN4)n[nH]2)C1. The van der Waals surface area contributed by atoms with Crippen LogP contribution in [0.25, 0.3) is 0 Å². The quantitative estimate of drug-likeness (QED) is 0.622. The number of aromatic nitrogens is 2. The second-order valence-corrected chi connectivity index (χ2v) is 7.13. The molecular weight excluding hydrogens is 336 g/mol. The Morgan fingerprint density at radius 2 is 2.20 bits per heavy atom. The van der Waals surface area contributed by atoms with Crippen molar-refractivity contribution in [3.63, 3.8) is 0 Å². The van der Waals surface area contributed by atoms with Gasteiger partial charge in [0.1, 0.15) is 0 Å². The van der Waals surface area contributed by atoms with E-state index in [4.69, 9.17) is 9.84 Å². The fraction of sp³-hybridized carbons (Fsp3) is 0.500. The highest BCUT2D eigenvalue weighted by Gasteiger charge is 2.27. The van der Waals surface area contributed by atoms with E-state index >= 15 is 0 Å². The molecule has 0 radical (unpaired) electrons. The fourth-order valence-electron chi connectivity index (χ4n) is 3.54. The molecule has 0 spiro atoms. The largest absolute Gasteiger partial charge is 0.400 e. The van der Waals surface area contributed by atoms with Gasteiger partial charge in [-0.1, -0.05) is 18.0 Å². The zero-order chi connectivity index (χ0) is 17.6. The number of H-pyrrole nitrogens is 1. The maximum Gasteiger partial charge on any atom is 0.152 e. The third-order valence-corrected chi connectivity index (χ3v) is 5.60. The van der Waals surface area contributed by atoms with Gasteiger partial charge in [-0.3, -0.25) is 5.10 Å². The van der Waals surface area contributed by atoms with Gasteiger partial charge in [0.25, 0.3) is 0 Å². The van der Waals surface area contributed by atoms with Crippen molar-refractivity contribution in [2.45, 2.75) is 37.7 Å². The van der Waals surface area contributed by atoms with Crippen LogP contribution in [-0.4, -0.2) is 41.4 Å². The number of anilines is 3. The first kappa shape index (κ1) is 18.1. The van der Waals surface area contributed by atoms with E-state index in [0.29, 0.717) is 12.0 Å². The van der Waals surface area contributed by atoms with Crippen molar-refractivity contribution in [2.75, 3.05) is 30.0 Å². The lowest BCUT2D eigenvalue weighted by Gasteiger charge is -2.20. The van der Waals surface area contributed by atoms with Crippen molar-refractivity contribution in [3.8, 4) is 0 Å². The topological polar surface area (TPSA) is 82.2 Å². The number of aliphatic hydroxyl groups is 1. The summed E-state index contributed by atoms with van der Waals surface area (Å²) in [6.45, 7) is 0. The number of aliphatic hydroxyl groups excluding tert-OH is 1. The summed E-state index contributed by atoms with van der Waals surface area (Å²) in [6, 6.07) is 8.48. The Balaban J connectivity index is 0.000000880. The van der Waals surface area contributed by atoms with Crippen LogP contribution in [-0.2, 0) is 11.2 Å². The van der Waals surface area contributed by atoms with Crippen molar-refractivity contribution < 1.29 is 9.84 Å². The van der Waals surface area contributed by atoms with Gasteiger partial charge >= 0.3 is 0 Å². The summed E-state index contributed by atoms with van der Waals surface area (Å²) in [7, 11) is 2.80. The third-order valence-electron chi connectivity index (χ3n) is 4.83. The van der Waals surface area contributed by atoms with Gasteiger partial charge in [-0.15, -0.1) is 0 Å². The minimum Gasteiger partial charge on any atom is -0.400 e. The molecule has 25 heavy (non-hydrogen) atoms. The van der Waals surface area contributed by atoms with Gasteiger partial charge in [-0.05, 0) is 37.8 Å². The number of ether oxygens (including phenoxy) is 1. The van der Waals surface area contributed by atoms with Gasteiger partial charge in [-0.25, -0.2) is 0 Å². The van der Waals surface area contributed by atoms with E-state index in [1.54, 1.807) is 19.1 Å². The first-order valence-electron chi connectivity index (χ1n) is 8.63. The summed E-state index contributed by atoms with van der Waals surface area (Å²) in [6.07, 6.45) is 4.86. The van der Waals surface area contributed by atoms with E-state index in [-0.39, 0.29) is 0 Å². The number of benzene rings is 1. The minimum atomic E-state index is 0.393. The van der Waals surface area contributed by atoms with Crippen LogP contribution in [0.5, 0.6) is 0 Å². The Labute approximate surface area is 152 Å². The Kier molecular flexibility index (Phi) is 6.23. The van der Waals surface area contributed by atoms with E-state index < -0.39 is 0 Å². The summed E-state index contributed by atoms with van der Waals surface area (Å²) in [4.78, 5) is 0. The van der Waals surface area contributed by atoms with Crippen LogP contribution in [0.2, 0.25) is 0 Å². The van der Waals surface area contributed by atoms with Gasteiger partial charge in [0.2, 0.25) is 0 Å². The second-order valence-electron chi connectivity index (χ2n) is 6.23.